The minimum Gasteiger partial charge on any atom is -0.380 e. The average molecular weight is 353 g/mol. The maximum absolute atomic E-state index is 14.7. The molecular weight excluding hydrogens is 329 g/mol. The van der Waals surface area contributed by atoms with E-state index in [0.29, 0.717) is 17.1 Å². The van der Waals surface area contributed by atoms with Gasteiger partial charge in [-0.05, 0) is 37.8 Å². The fourth-order valence-corrected chi connectivity index (χ4v) is 4.51. The minimum absolute atomic E-state index is 0.0942. The second-order valence-electron chi connectivity index (χ2n) is 7.66. The lowest BCUT2D eigenvalue weighted by Crippen LogP contribution is -2.23. The molecule has 0 radical (unpaired) electrons. The van der Waals surface area contributed by atoms with Crippen molar-refractivity contribution in [2.75, 3.05) is 5.32 Å². The summed E-state index contributed by atoms with van der Waals surface area (Å²) in [6.07, 6.45) is 11.7. The Morgan fingerprint density at radius 1 is 1.08 bits per heavy atom. The van der Waals surface area contributed by atoms with Gasteiger partial charge in [0.2, 0.25) is 5.43 Å². The molecule has 4 nitrogen and oxygen atoms in total. The first kappa shape index (κ1) is 17.1. The standard InChI is InChI=1S/C21H24FN3O/c22-18-10-17-20(11-19(18)24-15-6-2-1-3-7-15)25(16-8-4-5-9-16)13-14(12-23)21(17)26/h10-11,13,15-16,24H,1-9H2. The van der Waals surface area contributed by atoms with Crippen LogP contribution in [0.2, 0.25) is 0 Å². The van der Waals surface area contributed by atoms with Crippen LogP contribution in [0.5, 0.6) is 0 Å². The van der Waals surface area contributed by atoms with Crippen molar-refractivity contribution in [3.05, 3.63) is 39.9 Å². The Bertz CT molecular complexity index is 915. The molecule has 2 aliphatic carbocycles. The molecule has 2 aliphatic rings. The van der Waals surface area contributed by atoms with Gasteiger partial charge in [-0.25, -0.2) is 4.39 Å². The van der Waals surface area contributed by atoms with Crippen molar-refractivity contribution in [1.29, 1.82) is 5.26 Å². The Morgan fingerprint density at radius 2 is 1.77 bits per heavy atom. The quantitative estimate of drug-likeness (QED) is 0.856. The molecule has 2 saturated carbocycles. The minimum atomic E-state index is -0.409. The topological polar surface area (TPSA) is 57.8 Å². The number of fused-ring (bicyclic) bond motifs is 1. The van der Waals surface area contributed by atoms with Gasteiger partial charge < -0.3 is 9.88 Å². The van der Waals surface area contributed by atoms with E-state index in [1.165, 1.54) is 25.3 Å². The molecule has 2 fully saturated rings. The smallest absolute Gasteiger partial charge is 0.207 e. The predicted octanol–water partition coefficient (Wildman–Crippen LogP) is 4.87. The van der Waals surface area contributed by atoms with Crippen molar-refractivity contribution < 1.29 is 4.39 Å². The van der Waals surface area contributed by atoms with Crippen LogP contribution in [0.25, 0.3) is 10.9 Å². The van der Waals surface area contributed by atoms with Crippen LogP contribution in [0.4, 0.5) is 10.1 Å². The Kier molecular flexibility index (Phi) is 4.67. The third-order valence-corrected chi connectivity index (χ3v) is 5.92. The summed E-state index contributed by atoms with van der Waals surface area (Å²) in [6.45, 7) is 0. The number of aromatic nitrogens is 1. The summed E-state index contributed by atoms with van der Waals surface area (Å²) >= 11 is 0. The lowest BCUT2D eigenvalue weighted by Gasteiger charge is -2.25. The SMILES string of the molecule is N#Cc1cn(C2CCCC2)c2cc(NC3CCCCC3)c(F)cc2c1=O. The molecule has 1 heterocycles. The molecule has 0 unspecified atom stereocenters. The van der Waals surface area contributed by atoms with Gasteiger partial charge in [-0.1, -0.05) is 32.1 Å². The van der Waals surface area contributed by atoms with E-state index in [4.69, 9.17) is 0 Å². The van der Waals surface area contributed by atoms with Gasteiger partial charge in [-0.2, -0.15) is 5.26 Å². The largest absolute Gasteiger partial charge is 0.380 e. The van der Waals surface area contributed by atoms with Crippen LogP contribution in [-0.2, 0) is 0 Å². The summed E-state index contributed by atoms with van der Waals surface area (Å²) in [4.78, 5) is 12.6. The molecule has 0 aliphatic heterocycles. The van der Waals surface area contributed by atoms with Gasteiger partial charge in [0.05, 0.1) is 16.6 Å². The Balaban J connectivity index is 1.83. The zero-order chi connectivity index (χ0) is 18.1. The Labute approximate surface area is 152 Å². The lowest BCUT2D eigenvalue weighted by atomic mass is 9.95. The van der Waals surface area contributed by atoms with E-state index in [-0.39, 0.29) is 17.0 Å². The van der Waals surface area contributed by atoms with Crippen LogP contribution in [0.15, 0.2) is 23.1 Å². The van der Waals surface area contributed by atoms with Crippen molar-refractivity contribution in [1.82, 2.24) is 4.57 Å². The van der Waals surface area contributed by atoms with Crippen LogP contribution < -0.4 is 10.7 Å². The molecule has 26 heavy (non-hydrogen) atoms. The molecule has 0 spiro atoms. The number of benzene rings is 1. The zero-order valence-electron chi connectivity index (χ0n) is 14.9. The van der Waals surface area contributed by atoms with Gasteiger partial charge >= 0.3 is 0 Å². The van der Waals surface area contributed by atoms with Crippen LogP contribution in [0.3, 0.4) is 0 Å². The highest BCUT2D eigenvalue weighted by atomic mass is 19.1. The molecule has 1 aromatic heterocycles. The van der Waals surface area contributed by atoms with Crippen molar-refractivity contribution >= 4 is 16.6 Å². The number of hydrogen-bond acceptors (Lipinski definition) is 3. The molecule has 0 saturated heterocycles. The van der Waals surface area contributed by atoms with Crippen LogP contribution in [0, 0.1) is 17.1 Å². The highest BCUT2D eigenvalue weighted by molar-refractivity contribution is 5.84. The van der Waals surface area contributed by atoms with Gasteiger partial charge in [0.15, 0.2) is 0 Å². The van der Waals surface area contributed by atoms with Crippen molar-refractivity contribution in [3.63, 3.8) is 0 Å². The third kappa shape index (κ3) is 3.09. The molecular formula is C21H24FN3O. The number of halogens is 1. The number of nitrogens with zero attached hydrogens (tertiary/aromatic N) is 2. The van der Waals surface area contributed by atoms with Crippen LogP contribution >= 0.6 is 0 Å². The summed E-state index contributed by atoms with van der Waals surface area (Å²) in [5.74, 6) is -0.409. The summed E-state index contributed by atoms with van der Waals surface area (Å²) in [5.41, 5.74) is 0.928. The first-order valence-corrected chi connectivity index (χ1v) is 9.72. The third-order valence-electron chi connectivity index (χ3n) is 5.92. The fraction of sp³-hybridized carbons (Fsp3) is 0.524. The molecule has 1 N–H and O–H groups in total. The van der Waals surface area contributed by atoms with Crippen LogP contribution in [-0.4, -0.2) is 10.6 Å². The molecule has 136 valence electrons. The number of pyridine rings is 1. The first-order chi connectivity index (χ1) is 12.7. The molecule has 2 aromatic rings. The van der Waals surface area contributed by atoms with E-state index in [2.05, 4.69) is 5.32 Å². The van der Waals surface area contributed by atoms with Gasteiger partial charge in [-0.15, -0.1) is 0 Å². The van der Waals surface area contributed by atoms with Crippen molar-refractivity contribution in [2.24, 2.45) is 0 Å². The van der Waals surface area contributed by atoms with E-state index in [0.717, 1.165) is 44.0 Å². The molecule has 1 aromatic carbocycles. The van der Waals surface area contributed by atoms with E-state index < -0.39 is 5.82 Å². The van der Waals surface area contributed by atoms with Gasteiger partial charge in [-0.3, -0.25) is 4.79 Å². The number of nitrogens with one attached hydrogen (secondary N) is 1. The number of nitriles is 1. The number of rotatable bonds is 3. The second kappa shape index (κ2) is 7.11. The van der Waals surface area contributed by atoms with Crippen LogP contribution in [0.1, 0.15) is 69.4 Å². The average Bonchev–Trinajstić information content (AvgIpc) is 3.19. The van der Waals surface area contributed by atoms with Gasteiger partial charge in [0, 0.05) is 18.3 Å². The fourth-order valence-electron chi connectivity index (χ4n) is 4.51. The monoisotopic (exact) mass is 353 g/mol. The number of hydrogen-bond donors (Lipinski definition) is 1. The van der Waals surface area contributed by atoms with E-state index in [9.17, 15) is 14.4 Å². The molecule has 0 bridgehead atoms. The first-order valence-electron chi connectivity index (χ1n) is 9.72. The maximum atomic E-state index is 14.7. The molecule has 5 heteroatoms. The Hall–Kier alpha value is -2.35. The summed E-state index contributed by atoms with van der Waals surface area (Å²) in [7, 11) is 0. The van der Waals surface area contributed by atoms with Crippen molar-refractivity contribution in [2.45, 2.75) is 69.9 Å². The summed E-state index contributed by atoms with van der Waals surface area (Å²) < 4.78 is 16.7. The second-order valence-corrected chi connectivity index (χ2v) is 7.66. The van der Waals surface area contributed by atoms with E-state index >= 15 is 0 Å². The Morgan fingerprint density at radius 3 is 2.46 bits per heavy atom. The highest BCUT2D eigenvalue weighted by Gasteiger charge is 2.22. The summed E-state index contributed by atoms with van der Waals surface area (Å²) in [6, 6.07) is 5.64. The highest BCUT2D eigenvalue weighted by Crippen LogP contribution is 2.33. The predicted molar refractivity (Wildman–Crippen MR) is 101 cm³/mol. The van der Waals surface area contributed by atoms with E-state index in [1.54, 1.807) is 12.3 Å². The van der Waals surface area contributed by atoms with E-state index in [1.807, 2.05) is 10.6 Å². The van der Waals surface area contributed by atoms with Crippen molar-refractivity contribution in [3.8, 4) is 6.07 Å². The summed E-state index contributed by atoms with van der Waals surface area (Å²) in [5, 5.41) is 13.0. The van der Waals surface area contributed by atoms with Gasteiger partial charge in [0.1, 0.15) is 17.4 Å². The van der Waals surface area contributed by atoms with Gasteiger partial charge in [0.25, 0.3) is 0 Å². The maximum Gasteiger partial charge on any atom is 0.207 e. The molecule has 0 amide bonds. The zero-order valence-corrected chi connectivity index (χ0v) is 14.9. The lowest BCUT2D eigenvalue weighted by molar-refractivity contribution is 0.460. The normalized spacial score (nSPS) is 18.9. The number of anilines is 1. The molecule has 0 atom stereocenters. The molecule has 4 rings (SSSR count).